The molecule has 8 nitrogen and oxygen atoms in total. The molecule has 0 saturated carbocycles. The Morgan fingerprint density at radius 2 is 1.40 bits per heavy atom. The third-order valence-corrected chi connectivity index (χ3v) is 8.65. The van der Waals surface area contributed by atoms with Crippen molar-refractivity contribution in [3.8, 4) is 22.3 Å². The topological polar surface area (TPSA) is 93.8 Å². The van der Waals surface area contributed by atoms with E-state index in [0.717, 1.165) is 50.9 Å². The zero-order valence-corrected chi connectivity index (χ0v) is 25.2. The Kier molecular flexibility index (Phi) is 7.08. The van der Waals surface area contributed by atoms with E-state index in [1.54, 1.807) is 19.2 Å². The predicted octanol–water partition coefficient (Wildman–Crippen LogP) is 6.44. The number of aromatic nitrogens is 4. The Bertz CT molecular complexity index is 2170. The first-order valence-electron chi connectivity index (χ1n) is 14.5. The van der Waals surface area contributed by atoms with Gasteiger partial charge in [0.25, 0.3) is 11.8 Å². The van der Waals surface area contributed by atoms with Gasteiger partial charge >= 0.3 is 0 Å². The third-order valence-electron chi connectivity index (χ3n) is 8.43. The first-order chi connectivity index (χ1) is 21.7. The van der Waals surface area contributed by atoms with Gasteiger partial charge in [0.1, 0.15) is 17.2 Å². The van der Waals surface area contributed by atoms with E-state index >= 15 is 0 Å². The average molecular weight is 625 g/mol. The lowest BCUT2D eigenvalue weighted by atomic mass is 10.0. The molecule has 226 valence electrons. The van der Waals surface area contributed by atoms with Gasteiger partial charge in [-0.2, -0.15) is 4.39 Å². The zero-order valence-electron chi connectivity index (χ0n) is 24.4. The molecule has 0 bridgehead atoms. The highest BCUT2D eigenvalue weighted by Crippen LogP contribution is 2.38. The Hall–Kier alpha value is -5.09. The van der Waals surface area contributed by atoms with Crippen molar-refractivity contribution in [2.24, 2.45) is 0 Å². The first kappa shape index (κ1) is 28.7. The van der Waals surface area contributed by atoms with Gasteiger partial charge in [-0.3, -0.25) is 14.6 Å². The molecular formula is C34H27ClF2N6O2. The molecule has 2 aliphatic heterocycles. The molecule has 6 aromatic rings. The molecule has 8 rings (SSSR count). The van der Waals surface area contributed by atoms with Crippen molar-refractivity contribution < 1.29 is 18.4 Å². The van der Waals surface area contributed by atoms with E-state index in [-0.39, 0.29) is 11.8 Å². The van der Waals surface area contributed by atoms with Gasteiger partial charge in [-0.15, -0.1) is 0 Å². The molecule has 0 radical (unpaired) electrons. The van der Waals surface area contributed by atoms with E-state index in [4.69, 9.17) is 11.6 Å². The predicted molar refractivity (Wildman–Crippen MR) is 169 cm³/mol. The van der Waals surface area contributed by atoms with Gasteiger partial charge in [0.2, 0.25) is 5.95 Å². The van der Waals surface area contributed by atoms with Gasteiger partial charge in [0.05, 0.1) is 11.0 Å². The molecule has 45 heavy (non-hydrogen) atoms. The van der Waals surface area contributed by atoms with Crippen LogP contribution < -0.4 is 10.6 Å². The molecule has 2 aromatic carbocycles. The molecule has 0 aliphatic carbocycles. The molecule has 0 atom stereocenters. The number of aryl methyl sites for hydroxylation is 2. The molecule has 4 aromatic heterocycles. The SMILES string of the molecule is Cc1c2n(c3c(-c4cccnc4)cc(Cl)cc13)CCNC2=O.Cc1c2n(c3c(-c4ccnc(F)c4)cc(F)cc13)CCNC2=O. The Morgan fingerprint density at radius 1 is 0.778 bits per heavy atom. The number of nitrogens with zero attached hydrogens (tertiary/aromatic N) is 4. The number of rotatable bonds is 2. The normalized spacial score (nSPS) is 14.0. The lowest BCUT2D eigenvalue weighted by molar-refractivity contribution is 0.0920. The van der Waals surface area contributed by atoms with Crippen LogP contribution in [0.25, 0.3) is 44.1 Å². The fraction of sp³-hybridized carbons (Fsp3) is 0.176. The monoisotopic (exact) mass is 624 g/mol. The summed E-state index contributed by atoms with van der Waals surface area (Å²) in [4.78, 5) is 32.1. The number of hydrogen-bond donors (Lipinski definition) is 2. The van der Waals surface area contributed by atoms with E-state index < -0.39 is 11.8 Å². The molecule has 0 spiro atoms. The van der Waals surface area contributed by atoms with Crippen LogP contribution >= 0.6 is 11.6 Å². The number of amides is 2. The zero-order chi connectivity index (χ0) is 31.4. The van der Waals surface area contributed by atoms with Gasteiger partial charge in [0, 0.05) is 83.3 Å². The summed E-state index contributed by atoms with van der Waals surface area (Å²) in [6.45, 7) is 6.29. The minimum absolute atomic E-state index is 0.0202. The Morgan fingerprint density at radius 3 is 2.00 bits per heavy atom. The van der Waals surface area contributed by atoms with E-state index in [2.05, 4.69) is 25.2 Å². The van der Waals surface area contributed by atoms with Gasteiger partial charge in [-0.1, -0.05) is 17.7 Å². The summed E-state index contributed by atoms with van der Waals surface area (Å²) in [5, 5.41) is 8.07. The van der Waals surface area contributed by atoms with Gasteiger partial charge in [0.15, 0.2) is 0 Å². The Labute approximate surface area is 261 Å². The highest BCUT2D eigenvalue weighted by atomic mass is 35.5. The number of fused-ring (bicyclic) bond motifs is 6. The minimum atomic E-state index is -0.625. The van der Waals surface area contributed by atoms with Crippen LogP contribution in [0.1, 0.15) is 32.1 Å². The summed E-state index contributed by atoms with van der Waals surface area (Å²) in [6, 6.07) is 13.5. The van der Waals surface area contributed by atoms with E-state index in [9.17, 15) is 18.4 Å². The second-order valence-electron chi connectivity index (χ2n) is 11.1. The maximum absolute atomic E-state index is 14.1. The first-order valence-corrected chi connectivity index (χ1v) is 14.8. The summed E-state index contributed by atoms with van der Waals surface area (Å²) in [6.07, 6.45) is 4.92. The lowest BCUT2D eigenvalue weighted by Crippen LogP contribution is -2.35. The smallest absolute Gasteiger partial charge is 0.268 e. The van der Waals surface area contributed by atoms with Gasteiger partial charge in [-0.25, -0.2) is 9.37 Å². The molecule has 6 heterocycles. The molecular weight excluding hydrogens is 598 g/mol. The summed E-state index contributed by atoms with van der Waals surface area (Å²) in [5.41, 5.74) is 7.88. The molecule has 0 fully saturated rings. The fourth-order valence-corrected chi connectivity index (χ4v) is 6.75. The molecule has 0 unspecified atom stereocenters. The standard InChI is InChI=1S/C17H14ClN3O.C17H13F2N3O/c1-10-13-7-12(18)8-14(11-3-2-4-19-9-11)16(13)21-6-5-20-17(22)15(10)21;1-9-12-7-11(18)8-13(10-2-3-20-14(19)6-10)16(12)22-5-4-21-17(23)15(9)22/h2-4,7-9H,5-6H2,1H3,(H,20,22);2-3,6-8H,4-5H2,1H3,(H,21,23). The van der Waals surface area contributed by atoms with Crippen molar-refractivity contribution in [1.29, 1.82) is 0 Å². The molecule has 2 N–H and O–H groups in total. The van der Waals surface area contributed by atoms with E-state index in [0.29, 0.717) is 46.9 Å². The van der Waals surface area contributed by atoms with Crippen LogP contribution in [-0.2, 0) is 13.1 Å². The van der Waals surface area contributed by atoms with Crippen LogP contribution in [0, 0.1) is 25.6 Å². The molecule has 2 amide bonds. The second kappa shape index (κ2) is 11.1. The van der Waals surface area contributed by atoms with Crippen molar-refractivity contribution in [2.45, 2.75) is 26.9 Å². The number of carbonyl (C=O) groups excluding carboxylic acids is 2. The summed E-state index contributed by atoms with van der Waals surface area (Å²) < 4.78 is 31.6. The van der Waals surface area contributed by atoms with Crippen LogP contribution in [0.15, 0.2) is 67.1 Å². The average Bonchev–Trinajstić information content (AvgIpc) is 3.49. The van der Waals surface area contributed by atoms with E-state index in [1.165, 1.54) is 24.4 Å². The van der Waals surface area contributed by atoms with Crippen molar-refractivity contribution >= 4 is 45.2 Å². The largest absolute Gasteiger partial charge is 0.349 e. The number of pyridine rings is 2. The van der Waals surface area contributed by atoms with Gasteiger partial charge < -0.3 is 19.8 Å². The maximum atomic E-state index is 14.1. The summed E-state index contributed by atoms with van der Waals surface area (Å²) in [7, 11) is 0. The van der Waals surface area contributed by atoms with Crippen LogP contribution in [0.2, 0.25) is 5.02 Å². The molecule has 0 saturated heterocycles. The number of halogens is 3. The summed E-state index contributed by atoms with van der Waals surface area (Å²) >= 11 is 6.32. The van der Waals surface area contributed by atoms with Crippen molar-refractivity contribution in [3.63, 3.8) is 0 Å². The highest BCUT2D eigenvalue weighted by Gasteiger charge is 2.27. The van der Waals surface area contributed by atoms with Crippen LogP contribution in [-0.4, -0.2) is 44.0 Å². The number of hydrogen-bond acceptors (Lipinski definition) is 4. The molecule has 2 aliphatic rings. The summed E-state index contributed by atoms with van der Waals surface area (Å²) in [5.74, 6) is -1.23. The van der Waals surface area contributed by atoms with Crippen LogP contribution in [0.4, 0.5) is 8.78 Å². The van der Waals surface area contributed by atoms with Crippen LogP contribution in [0.5, 0.6) is 0 Å². The van der Waals surface area contributed by atoms with Gasteiger partial charge in [-0.05, 0) is 66.9 Å². The Balaban J connectivity index is 0.000000145. The quantitative estimate of drug-likeness (QED) is 0.217. The minimum Gasteiger partial charge on any atom is -0.349 e. The van der Waals surface area contributed by atoms with Crippen molar-refractivity contribution in [1.82, 2.24) is 29.7 Å². The maximum Gasteiger partial charge on any atom is 0.268 e. The molecule has 11 heteroatoms. The highest BCUT2D eigenvalue weighted by molar-refractivity contribution is 6.32. The van der Waals surface area contributed by atoms with Crippen molar-refractivity contribution in [3.05, 3.63) is 106 Å². The van der Waals surface area contributed by atoms with Crippen LogP contribution in [0.3, 0.4) is 0 Å². The third kappa shape index (κ3) is 4.82. The lowest BCUT2D eigenvalue weighted by Gasteiger charge is -2.18. The number of carbonyl (C=O) groups is 2. The van der Waals surface area contributed by atoms with Crippen molar-refractivity contribution in [2.75, 3.05) is 13.1 Å². The second-order valence-corrected chi connectivity index (χ2v) is 11.5. The fourth-order valence-electron chi connectivity index (χ4n) is 6.53. The number of nitrogens with one attached hydrogen (secondary N) is 2. The van der Waals surface area contributed by atoms with E-state index in [1.807, 2.05) is 42.0 Å². The number of benzene rings is 2.